The molecule has 0 radical (unpaired) electrons. The molecule has 0 atom stereocenters. The van der Waals surface area contributed by atoms with Gasteiger partial charge in [0.15, 0.2) is 0 Å². The van der Waals surface area contributed by atoms with Crippen molar-refractivity contribution in [2.24, 2.45) is 0 Å². The predicted octanol–water partition coefficient (Wildman–Crippen LogP) is 4.37. The number of aromatic nitrogens is 1. The zero-order valence-electron chi connectivity index (χ0n) is 11.5. The van der Waals surface area contributed by atoms with Gasteiger partial charge in [0.25, 0.3) is 0 Å². The molecule has 0 saturated carbocycles. The lowest BCUT2D eigenvalue weighted by atomic mass is 10.1. The van der Waals surface area contributed by atoms with Crippen molar-refractivity contribution in [2.45, 2.75) is 6.54 Å². The third-order valence-corrected chi connectivity index (χ3v) is 4.19. The van der Waals surface area contributed by atoms with Crippen LogP contribution in [-0.4, -0.2) is 23.5 Å². The van der Waals surface area contributed by atoms with Gasteiger partial charge in [0.05, 0.1) is 0 Å². The zero-order valence-corrected chi connectivity index (χ0v) is 12.4. The highest BCUT2D eigenvalue weighted by atomic mass is 32.1. The number of hydrogen-bond donors (Lipinski definition) is 1. The van der Waals surface area contributed by atoms with Crippen molar-refractivity contribution in [2.75, 3.05) is 13.6 Å². The molecule has 0 aliphatic heterocycles. The first kappa shape index (κ1) is 13.2. The summed E-state index contributed by atoms with van der Waals surface area (Å²) in [4.78, 5) is 6.96. The summed E-state index contributed by atoms with van der Waals surface area (Å²) in [6.45, 7) is 1.90. The zero-order chi connectivity index (χ0) is 13.8. The van der Waals surface area contributed by atoms with Crippen LogP contribution in [-0.2, 0) is 6.54 Å². The fraction of sp³-hybridized carbons (Fsp3) is 0.176. The van der Waals surface area contributed by atoms with E-state index in [1.165, 1.54) is 21.3 Å². The fourth-order valence-electron chi connectivity index (χ4n) is 2.37. The molecule has 2 aromatic heterocycles. The highest BCUT2D eigenvalue weighted by Crippen LogP contribution is 2.18. The summed E-state index contributed by atoms with van der Waals surface area (Å²) in [5.41, 5.74) is 2.60. The topological polar surface area (TPSA) is 19.0 Å². The summed E-state index contributed by atoms with van der Waals surface area (Å²) in [5.74, 6) is 0. The molecule has 2 heterocycles. The van der Waals surface area contributed by atoms with E-state index in [0.29, 0.717) is 0 Å². The number of fused-ring (bicyclic) bond motifs is 1. The highest BCUT2D eigenvalue weighted by molar-refractivity contribution is 7.10. The van der Waals surface area contributed by atoms with E-state index >= 15 is 0 Å². The van der Waals surface area contributed by atoms with E-state index in [9.17, 15) is 0 Å². The third kappa shape index (κ3) is 3.00. The summed E-state index contributed by atoms with van der Waals surface area (Å²) < 4.78 is 0. The second-order valence-corrected chi connectivity index (χ2v) is 5.95. The van der Waals surface area contributed by atoms with E-state index in [1.807, 2.05) is 6.20 Å². The van der Waals surface area contributed by atoms with Crippen molar-refractivity contribution in [1.29, 1.82) is 0 Å². The smallest absolute Gasteiger partial charge is 0.0499 e. The molecule has 0 fully saturated rings. The fourth-order valence-corrected chi connectivity index (χ4v) is 3.02. The summed E-state index contributed by atoms with van der Waals surface area (Å²) >= 11 is 1.77. The Balaban J connectivity index is 1.64. The quantitative estimate of drug-likeness (QED) is 0.736. The lowest BCUT2D eigenvalue weighted by molar-refractivity contribution is 0.365. The number of aromatic amines is 1. The Bertz CT molecular complexity index is 695. The van der Waals surface area contributed by atoms with E-state index < -0.39 is 0 Å². The summed E-state index contributed by atoms with van der Waals surface area (Å²) in [6.07, 6.45) is 6.42. The maximum absolute atomic E-state index is 3.33. The van der Waals surface area contributed by atoms with E-state index in [0.717, 1.165) is 13.1 Å². The van der Waals surface area contributed by atoms with Crippen molar-refractivity contribution in [3.8, 4) is 0 Å². The molecule has 0 spiro atoms. The SMILES string of the molecule is CN(C/C=C/c1cccs1)Cc1cccc2cc[nH]c12. The first-order valence-corrected chi connectivity index (χ1v) is 7.64. The van der Waals surface area contributed by atoms with Gasteiger partial charge >= 0.3 is 0 Å². The molecular formula is C17H18N2S. The number of rotatable bonds is 5. The molecular weight excluding hydrogens is 264 g/mol. The van der Waals surface area contributed by atoms with Crippen LogP contribution < -0.4 is 0 Å². The van der Waals surface area contributed by atoms with Crippen LogP contribution >= 0.6 is 11.3 Å². The normalized spacial score (nSPS) is 11.9. The maximum atomic E-state index is 3.33. The molecule has 102 valence electrons. The third-order valence-electron chi connectivity index (χ3n) is 3.36. The summed E-state index contributed by atoms with van der Waals surface area (Å²) in [7, 11) is 2.15. The van der Waals surface area contributed by atoms with Gasteiger partial charge in [-0.15, -0.1) is 11.3 Å². The van der Waals surface area contributed by atoms with E-state index in [2.05, 4.69) is 70.9 Å². The van der Waals surface area contributed by atoms with Gasteiger partial charge in [-0.3, -0.25) is 4.90 Å². The van der Waals surface area contributed by atoms with Crippen molar-refractivity contribution < 1.29 is 0 Å². The number of thiophene rings is 1. The van der Waals surface area contributed by atoms with Gasteiger partial charge in [-0.05, 0) is 41.6 Å². The molecule has 0 aliphatic rings. The van der Waals surface area contributed by atoms with Gasteiger partial charge in [0, 0.05) is 29.7 Å². The highest BCUT2D eigenvalue weighted by Gasteiger charge is 2.04. The summed E-state index contributed by atoms with van der Waals surface area (Å²) in [6, 6.07) is 12.8. The molecule has 1 aromatic carbocycles. The van der Waals surface area contributed by atoms with Crippen LogP contribution in [0.1, 0.15) is 10.4 Å². The molecule has 2 nitrogen and oxygen atoms in total. The Kier molecular flexibility index (Phi) is 4.00. The largest absolute Gasteiger partial charge is 0.361 e. The van der Waals surface area contributed by atoms with Crippen LogP contribution in [0.2, 0.25) is 0 Å². The maximum Gasteiger partial charge on any atom is 0.0499 e. The van der Waals surface area contributed by atoms with E-state index in [4.69, 9.17) is 0 Å². The van der Waals surface area contributed by atoms with Gasteiger partial charge in [-0.2, -0.15) is 0 Å². The van der Waals surface area contributed by atoms with Gasteiger partial charge in [-0.25, -0.2) is 0 Å². The van der Waals surface area contributed by atoms with Gasteiger partial charge in [0.2, 0.25) is 0 Å². The number of likely N-dealkylation sites (N-methyl/N-ethyl adjacent to an activating group) is 1. The number of nitrogens with zero attached hydrogens (tertiary/aromatic N) is 1. The second-order valence-electron chi connectivity index (χ2n) is 4.97. The lowest BCUT2D eigenvalue weighted by Crippen LogP contribution is -2.17. The second kappa shape index (κ2) is 6.07. The Morgan fingerprint density at radius 1 is 1.20 bits per heavy atom. The van der Waals surface area contributed by atoms with Gasteiger partial charge in [0.1, 0.15) is 0 Å². The van der Waals surface area contributed by atoms with Crippen LogP contribution in [0.5, 0.6) is 0 Å². The average molecular weight is 282 g/mol. The first-order chi connectivity index (χ1) is 9.83. The van der Waals surface area contributed by atoms with Crippen LogP contribution in [0.25, 0.3) is 17.0 Å². The monoisotopic (exact) mass is 282 g/mol. The molecule has 20 heavy (non-hydrogen) atoms. The first-order valence-electron chi connectivity index (χ1n) is 6.76. The Hall–Kier alpha value is -1.84. The Labute approximate surface area is 123 Å². The number of para-hydroxylation sites is 1. The van der Waals surface area contributed by atoms with Crippen molar-refractivity contribution in [3.63, 3.8) is 0 Å². The van der Waals surface area contributed by atoms with Crippen LogP contribution in [0.15, 0.2) is 54.1 Å². The lowest BCUT2D eigenvalue weighted by Gasteiger charge is -2.15. The molecule has 0 bridgehead atoms. The number of nitrogens with one attached hydrogen (secondary N) is 1. The van der Waals surface area contributed by atoms with E-state index in [1.54, 1.807) is 11.3 Å². The van der Waals surface area contributed by atoms with Crippen molar-refractivity contribution in [3.05, 3.63) is 64.5 Å². The average Bonchev–Trinajstić information content (AvgIpc) is 3.09. The van der Waals surface area contributed by atoms with Crippen molar-refractivity contribution in [1.82, 2.24) is 9.88 Å². The molecule has 0 saturated heterocycles. The Morgan fingerprint density at radius 3 is 3.00 bits per heavy atom. The van der Waals surface area contributed by atoms with Crippen LogP contribution in [0.3, 0.4) is 0 Å². The minimum Gasteiger partial charge on any atom is -0.361 e. The van der Waals surface area contributed by atoms with Crippen LogP contribution in [0.4, 0.5) is 0 Å². The molecule has 0 unspecified atom stereocenters. The minimum atomic E-state index is 0.951. The van der Waals surface area contributed by atoms with E-state index in [-0.39, 0.29) is 0 Å². The molecule has 3 rings (SSSR count). The minimum absolute atomic E-state index is 0.951. The number of H-pyrrole nitrogens is 1. The van der Waals surface area contributed by atoms with Gasteiger partial charge in [-0.1, -0.05) is 30.3 Å². The van der Waals surface area contributed by atoms with Crippen LogP contribution in [0, 0.1) is 0 Å². The Morgan fingerprint density at radius 2 is 2.15 bits per heavy atom. The number of benzene rings is 1. The summed E-state index contributed by atoms with van der Waals surface area (Å²) in [5, 5.41) is 3.39. The molecule has 1 N–H and O–H groups in total. The predicted molar refractivity (Wildman–Crippen MR) is 88.0 cm³/mol. The standard InChI is InChI=1S/C17H18N2S/c1-19(11-3-7-16-8-4-12-20-16)13-15-6-2-5-14-9-10-18-17(14)15/h2-10,12,18H,11,13H2,1H3/b7-3+. The molecule has 3 aromatic rings. The van der Waals surface area contributed by atoms with Gasteiger partial charge < -0.3 is 4.98 Å². The van der Waals surface area contributed by atoms with Crippen molar-refractivity contribution >= 4 is 28.3 Å². The molecule has 3 heteroatoms. The molecule has 0 amide bonds. The molecule has 0 aliphatic carbocycles. The number of hydrogen-bond acceptors (Lipinski definition) is 2.